The van der Waals surface area contributed by atoms with Gasteiger partial charge in [-0.15, -0.1) is 0 Å². The second-order valence-corrected chi connectivity index (χ2v) is 11.4. The van der Waals surface area contributed by atoms with Crippen molar-refractivity contribution in [3.63, 3.8) is 0 Å². The van der Waals surface area contributed by atoms with Gasteiger partial charge in [0.15, 0.2) is 0 Å². The largest absolute Gasteiger partial charge is 0.444 e. The molecule has 1 aliphatic rings. The van der Waals surface area contributed by atoms with E-state index in [-0.39, 0.29) is 12.0 Å². The lowest BCUT2D eigenvalue weighted by molar-refractivity contribution is -0.114. The molecule has 3 heterocycles. The molecule has 40 heavy (non-hydrogen) atoms. The van der Waals surface area contributed by atoms with E-state index in [1.165, 1.54) is 6.92 Å². The number of carbonyl (C=O) groups excluding carboxylic acids is 2. The quantitative estimate of drug-likeness (QED) is 0.392. The van der Waals surface area contributed by atoms with E-state index in [9.17, 15) is 9.59 Å². The fourth-order valence-corrected chi connectivity index (χ4v) is 4.59. The number of pyridine rings is 2. The maximum absolute atomic E-state index is 12.4. The molecule has 2 N–H and O–H groups in total. The van der Waals surface area contributed by atoms with Crippen LogP contribution in [0.3, 0.4) is 0 Å². The summed E-state index contributed by atoms with van der Waals surface area (Å²) in [5, 5.41) is 7.39. The van der Waals surface area contributed by atoms with E-state index in [4.69, 9.17) is 14.7 Å². The summed E-state index contributed by atoms with van der Waals surface area (Å²) in [6.45, 7) is 11.5. The van der Waals surface area contributed by atoms with Crippen LogP contribution < -0.4 is 15.5 Å². The van der Waals surface area contributed by atoms with Gasteiger partial charge in [0, 0.05) is 68.2 Å². The van der Waals surface area contributed by atoms with Gasteiger partial charge in [-0.2, -0.15) is 0 Å². The van der Waals surface area contributed by atoms with Crippen molar-refractivity contribution in [2.24, 2.45) is 0 Å². The monoisotopic (exact) mass is 547 g/mol. The average Bonchev–Trinajstić information content (AvgIpc) is 2.90. The Balaban J connectivity index is 1.51. The van der Waals surface area contributed by atoms with Crippen molar-refractivity contribution >= 4 is 40.1 Å². The lowest BCUT2D eigenvalue weighted by Crippen LogP contribution is -2.50. The minimum atomic E-state index is -0.502. The molecule has 1 aromatic carbocycles. The second-order valence-electron chi connectivity index (χ2n) is 11.4. The molecule has 1 aliphatic heterocycles. The highest BCUT2D eigenvalue weighted by Crippen LogP contribution is 2.31. The molecule has 10 heteroatoms. The molecular weight excluding hydrogens is 506 g/mol. The number of fused-ring (bicyclic) bond motifs is 1. The number of aromatic nitrogens is 2. The molecule has 0 atom stereocenters. The zero-order chi connectivity index (χ0) is 28.9. The Hall–Kier alpha value is -3.92. The van der Waals surface area contributed by atoms with Crippen molar-refractivity contribution in [1.29, 1.82) is 0 Å². The number of rotatable bonds is 8. The van der Waals surface area contributed by atoms with Crippen molar-refractivity contribution in [3.8, 4) is 11.3 Å². The number of piperazine rings is 1. The van der Waals surface area contributed by atoms with E-state index in [0.717, 1.165) is 58.9 Å². The van der Waals surface area contributed by atoms with Gasteiger partial charge in [0.2, 0.25) is 5.91 Å². The summed E-state index contributed by atoms with van der Waals surface area (Å²) in [5.41, 5.74) is 3.78. The molecule has 0 spiro atoms. The fraction of sp³-hybridized carbons (Fsp3) is 0.467. The molecule has 0 radical (unpaired) electrons. The van der Waals surface area contributed by atoms with Gasteiger partial charge < -0.3 is 30.1 Å². The summed E-state index contributed by atoms with van der Waals surface area (Å²) >= 11 is 0. The van der Waals surface area contributed by atoms with Crippen LogP contribution in [0, 0.1) is 0 Å². The van der Waals surface area contributed by atoms with Gasteiger partial charge in [-0.05, 0) is 84.2 Å². The highest BCUT2D eigenvalue weighted by molar-refractivity contribution is 5.98. The van der Waals surface area contributed by atoms with E-state index < -0.39 is 5.60 Å². The standard InChI is InChI=1S/C30H41N7O3/c1-21(38)33-23-9-10-25-24(18-23)27(31-12-7-13-35(5)6)19-26(34-25)22-8-11-28(32-20-22)36-14-16-37(17-15-36)29(39)40-30(2,3)4/h8-11,18-20H,7,12-17H2,1-6H3,(H,31,34)(H,33,38). The highest BCUT2D eigenvalue weighted by atomic mass is 16.6. The zero-order valence-corrected chi connectivity index (χ0v) is 24.5. The molecule has 214 valence electrons. The Labute approximate surface area is 236 Å². The second kappa shape index (κ2) is 12.5. The molecule has 4 rings (SSSR count). The normalized spacial score (nSPS) is 14.0. The molecule has 10 nitrogen and oxygen atoms in total. The van der Waals surface area contributed by atoms with E-state index in [0.29, 0.717) is 26.2 Å². The van der Waals surface area contributed by atoms with Crippen molar-refractivity contribution in [2.75, 3.05) is 68.9 Å². The summed E-state index contributed by atoms with van der Waals surface area (Å²) in [6, 6.07) is 11.9. The van der Waals surface area contributed by atoms with Gasteiger partial charge in [0.1, 0.15) is 11.4 Å². The van der Waals surface area contributed by atoms with Crippen molar-refractivity contribution < 1.29 is 14.3 Å². The molecular formula is C30H41N7O3. The van der Waals surface area contributed by atoms with Crippen molar-refractivity contribution in [3.05, 3.63) is 42.6 Å². The smallest absolute Gasteiger partial charge is 0.410 e. The van der Waals surface area contributed by atoms with E-state index in [1.54, 1.807) is 4.90 Å². The fourth-order valence-electron chi connectivity index (χ4n) is 4.59. The van der Waals surface area contributed by atoms with E-state index in [2.05, 4.69) is 34.5 Å². The van der Waals surface area contributed by atoms with Crippen LogP contribution in [0.2, 0.25) is 0 Å². The number of ether oxygens (including phenoxy) is 1. The first-order valence-corrected chi connectivity index (χ1v) is 13.8. The lowest BCUT2D eigenvalue weighted by atomic mass is 10.1. The van der Waals surface area contributed by atoms with E-state index in [1.807, 2.05) is 63.4 Å². The first-order chi connectivity index (χ1) is 19.0. The molecule has 0 unspecified atom stereocenters. The van der Waals surface area contributed by atoms with Gasteiger partial charge >= 0.3 is 6.09 Å². The predicted molar refractivity (Wildman–Crippen MR) is 161 cm³/mol. The number of nitrogens with zero attached hydrogens (tertiary/aromatic N) is 5. The topological polar surface area (TPSA) is 103 Å². The van der Waals surface area contributed by atoms with Gasteiger partial charge in [0.25, 0.3) is 0 Å². The third-order valence-electron chi connectivity index (χ3n) is 6.53. The Morgan fingerprint density at radius 2 is 1.80 bits per heavy atom. The Morgan fingerprint density at radius 1 is 1.05 bits per heavy atom. The molecule has 0 bridgehead atoms. The van der Waals surface area contributed by atoms with Crippen LogP contribution in [0.15, 0.2) is 42.6 Å². The Morgan fingerprint density at radius 3 is 2.42 bits per heavy atom. The van der Waals surface area contributed by atoms with Crippen LogP contribution in [0.4, 0.5) is 22.0 Å². The maximum atomic E-state index is 12.4. The molecule has 2 amide bonds. The summed E-state index contributed by atoms with van der Waals surface area (Å²) < 4.78 is 5.51. The van der Waals surface area contributed by atoms with Crippen LogP contribution in [-0.4, -0.2) is 90.7 Å². The molecule has 2 aromatic heterocycles. The SMILES string of the molecule is CC(=O)Nc1ccc2nc(-c3ccc(N4CCN(C(=O)OC(C)(C)C)CC4)nc3)cc(NCCCN(C)C)c2c1. The molecule has 1 fully saturated rings. The van der Waals surface area contributed by atoms with Gasteiger partial charge in [-0.25, -0.2) is 14.8 Å². The number of carbonyl (C=O) groups is 2. The number of nitrogens with one attached hydrogen (secondary N) is 2. The molecule has 3 aromatic rings. The Kier molecular flexibility index (Phi) is 9.09. The minimum absolute atomic E-state index is 0.109. The number of amides is 2. The number of hydrogen-bond acceptors (Lipinski definition) is 8. The third-order valence-corrected chi connectivity index (χ3v) is 6.53. The zero-order valence-electron chi connectivity index (χ0n) is 24.5. The van der Waals surface area contributed by atoms with Crippen LogP contribution in [0.1, 0.15) is 34.1 Å². The van der Waals surface area contributed by atoms with Crippen molar-refractivity contribution in [1.82, 2.24) is 19.8 Å². The lowest BCUT2D eigenvalue weighted by Gasteiger charge is -2.36. The summed E-state index contributed by atoms with van der Waals surface area (Å²) in [4.78, 5) is 39.7. The number of anilines is 3. The summed E-state index contributed by atoms with van der Waals surface area (Å²) in [7, 11) is 4.13. The highest BCUT2D eigenvalue weighted by Gasteiger charge is 2.26. The first-order valence-electron chi connectivity index (χ1n) is 13.8. The van der Waals surface area contributed by atoms with Crippen molar-refractivity contribution in [2.45, 2.75) is 39.7 Å². The molecule has 0 aliphatic carbocycles. The Bertz CT molecular complexity index is 1330. The van der Waals surface area contributed by atoms with E-state index >= 15 is 0 Å². The first kappa shape index (κ1) is 29.1. The van der Waals surface area contributed by atoms with Gasteiger partial charge in [-0.3, -0.25) is 4.79 Å². The molecule has 1 saturated heterocycles. The van der Waals surface area contributed by atoms with Crippen LogP contribution in [0.25, 0.3) is 22.2 Å². The number of benzene rings is 1. The molecule has 0 saturated carbocycles. The van der Waals surface area contributed by atoms with Gasteiger partial charge in [-0.1, -0.05) is 0 Å². The van der Waals surface area contributed by atoms with Crippen LogP contribution in [-0.2, 0) is 9.53 Å². The third kappa shape index (κ3) is 7.81. The minimum Gasteiger partial charge on any atom is -0.444 e. The maximum Gasteiger partial charge on any atom is 0.410 e. The predicted octanol–water partition coefficient (Wildman–Crippen LogP) is 4.68. The van der Waals surface area contributed by atoms with Crippen LogP contribution >= 0.6 is 0 Å². The van der Waals surface area contributed by atoms with Crippen LogP contribution in [0.5, 0.6) is 0 Å². The number of hydrogen-bond donors (Lipinski definition) is 2. The van der Waals surface area contributed by atoms with Gasteiger partial charge in [0.05, 0.1) is 11.2 Å². The average molecular weight is 548 g/mol. The summed E-state index contributed by atoms with van der Waals surface area (Å²) in [6.07, 6.45) is 2.58. The summed E-state index contributed by atoms with van der Waals surface area (Å²) in [5.74, 6) is 0.761.